The summed E-state index contributed by atoms with van der Waals surface area (Å²) in [6, 6.07) is 10.4. The van der Waals surface area contributed by atoms with Crippen LogP contribution < -0.4 is 5.69 Å². The molecule has 9 heteroatoms. The number of thiophene rings is 1. The first-order chi connectivity index (χ1) is 12.0. The van der Waals surface area contributed by atoms with Crippen LogP contribution in [0.5, 0.6) is 0 Å². The third-order valence-corrected chi connectivity index (χ3v) is 4.60. The summed E-state index contributed by atoms with van der Waals surface area (Å²) < 4.78 is 6.16. The fraction of sp³-hybridized carbons (Fsp3) is 0.188. The number of hydrogen-bond donors (Lipinski definition) is 0. The zero-order valence-corrected chi connectivity index (χ0v) is 14.0. The van der Waals surface area contributed by atoms with E-state index in [4.69, 9.17) is 4.74 Å². The molecule has 0 saturated carbocycles. The molecule has 8 nitrogen and oxygen atoms in total. The molecule has 2 aromatic heterocycles. The van der Waals surface area contributed by atoms with Gasteiger partial charge in [-0.25, -0.2) is 4.79 Å². The Morgan fingerprint density at radius 2 is 2.08 bits per heavy atom. The smallest absolute Gasteiger partial charge is 0.349 e. The molecular formula is C16H13N3O5S. The SMILES string of the molecule is CC(=O)OCCn1c(=O)nc(-c2ccccc2)c2cc([N+](=O)[O-])sc21. The van der Waals surface area contributed by atoms with E-state index in [2.05, 4.69) is 4.98 Å². The minimum atomic E-state index is -0.546. The second-order valence-corrected chi connectivity index (χ2v) is 6.17. The van der Waals surface area contributed by atoms with E-state index in [1.807, 2.05) is 6.07 Å². The Hall–Kier alpha value is -3.07. The summed E-state index contributed by atoms with van der Waals surface area (Å²) in [5, 5.41) is 11.6. The summed E-state index contributed by atoms with van der Waals surface area (Å²) in [5.41, 5.74) is 0.549. The standard InChI is InChI=1S/C16H13N3O5S/c1-10(20)24-8-7-18-15-12(9-13(25-15)19(22)23)14(17-16(18)21)11-5-3-2-4-6-11/h2-6,9H,7-8H2,1H3. The van der Waals surface area contributed by atoms with Crippen LogP contribution >= 0.6 is 11.3 Å². The number of rotatable bonds is 5. The summed E-state index contributed by atoms with van der Waals surface area (Å²) in [6.45, 7) is 1.34. The van der Waals surface area contributed by atoms with Gasteiger partial charge in [0.05, 0.1) is 17.2 Å². The zero-order chi connectivity index (χ0) is 18.0. The molecule has 0 aliphatic carbocycles. The second kappa shape index (κ2) is 6.81. The number of esters is 1. The third-order valence-electron chi connectivity index (χ3n) is 3.49. The van der Waals surface area contributed by atoms with Gasteiger partial charge < -0.3 is 4.74 Å². The molecule has 2 heterocycles. The van der Waals surface area contributed by atoms with Crippen LogP contribution in [0.15, 0.2) is 41.2 Å². The van der Waals surface area contributed by atoms with Crippen molar-refractivity contribution >= 4 is 32.5 Å². The van der Waals surface area contributed by atoms with Crippen molar-refractivity contribution in [2.75, 3.05) is 6.61 Å². The first kappa shape index (κ1) is 16.8. The summed E-state index contributed by atoms with van der Waals surface area (Å²) in [7, 11) is 0. The number of benzene rings is 1. The van der Waals surface area contributed by atoms with Gasteiger partial charge in [-0.1, -0.05) is 30.3 Å². The van der Waals surface area contributed by atoms with Gasteiger partial charge in [-0.15, -0.1) is 0 Å². The lowest BCUT2D eigenvalue weighted by molar-refractivity contribution is -0.380. The number of fused-ring (bicyclic) bond motifs is 1. The molecular weight excluding hydrogens is 346 g/mol. The van der Waals surface area contributed by atoms with Gasteiger partial charge in [0.1, 0.15) is 11.4 Å². The van der Waals surface area contributed by atoms with Gasteiger partial charge in [0.2, 0.25) is 0 Å². The van der Waals surface area contributed by atoms with Gasteiger partial charge in [0, 0.05) is 23.9 Å². The van der Waals surface area contributed by atoms with E-state index in [9.17, 15) is 19.7 Å². The molecule has 0 saturated heterocycles. The number of nitrogens with zero attached hydrogens (tertiary/aromatic N) is 3. The summed E-state index contributed by atoms with van der Waals surface area (Å²) >= 11 is 0.897. The molecule has 0 bridgehead atoms. The van der Waals surface area contributed by atoms with E-state index in [1.54, 1.807) is 24.3 Å². The van der Waals surface area contributed by atoms with E-state index >= 15 is 0 Å². The van der Waals surface area contributed by atoms with Crippen LogP contribution in [-0.2, 0) is 16.1 Å². The molecule has 0 aliphatic heterocycles. The van der Waals surface area contributed by atoms with Crippen molar-refractivity contribution in [3.63, 3.8) is 0 Å². The van der Waals surface area contributed by atoms with Gasteiger partial charge in [-0.2, -0.15) is 4.98 Å². The molecule has 0 amide bonds. The second-order valence-electron chi connectivity index (χ2n) is 5.16. The largest absolute Gasteiger partial charge is 0.464 e. The average molecular weight is 359 g/mol. The molecule has 0 fully saturated rings. The van der Waals surface area contributed by atoms with Gasteiger partial charge >= 0.3 is 16.7 Å². The molecule has 1 aromatic carbocycles. The highest BCUT2D eigenvalue weighted by atomic mass is 32.1. The minimum Gasteiger partial charge on any atom is -0.464 e. The molecule has 0 N–H and O–H groups in total. The van der Waals surface area contributed by atoms with Crippen LogP contribution in [-0.4, -0.2) is 27.1 Å². The summed E-state index contributed by atoms with van der Waals surface area (Å²) in [4.78, 5) is 38.5. The highest BCUT2D eigenvalue weighted by Gasteiger charge is 2.20. The predicted octanol–water partition coefficient (Wildman–Crippen LogP) is 2.60. The molecule has 3 aromatic rings. The van der Waals surface area contributed by atoms with Crippen molar-refractivity contribution in [2.24, 2.45) is 0 Å². The molecule has 0 atom stereocenters. The molecule has 0 spiro atoms. The Morgan fingerprint density at radius 1 is 1.36 bits per heavy atom. The number of nitro groups is 1. The maximum atomic E-state index is 12.4. The first-order valence-electron chi connectivity index (χ1n) is 7.35. The Morgan fingerprint density at radius 3 is 2.72 bits per heavy atom. The van der Waals surface area contributed by atoms with Crippen LogP contribution in [0.4, 0.5) is 5.00 Å². The fourth-order valence-electron chi connectivity index (χ4n) is 2.43. The molecule has 3 rings (SSSR count). The Balaban J connectivity index is 2.18. The van der Waals surface area contributed by atoms with Crippen molar-refractivity contribution in [3.8, 4) is 11.3 Å². The molecule has 0 aliphatic rings. The van der Waals surface area contributed by atoms with Crippen molar-refractivity contribution in [2.45, 2.75) is 13.5 Å². The Labute approximate surface area is 145 Å². The number of aromatic nitrogens is 2. The number of carbonyl (C=O) groups excluding carboxylic acids is 1. The monoisotopic (exact) mass is 359 g/mol. The van der Waals surface area contributed by atoms with E-state index < -0.39 is 16.6 Å². The third kappa shape index (κ3) is 3.41. The van der Waals surface area contributed by atoms with E-state index in [1.165, 1.54) is 17.6 Å². The fourth-order valence-corrected chi connectivity index (χ4v) is 3.42. The summed E-state index contributed by atoms with van der Waals surface area (Å²) in [6.07, 6.45) is 0. The number of carbonyl (C=O) groups is 1. The predicted molar refractivity (Wildman–Crippen MR) is 92.6 cm³/mol. The van der Waals surface area contributed by atoms with Crippen molar-refractivity contribution in [1.82, 2.24) is 9.55 Å². The molecule has 0 radical (unpaired) electrons. The molecule has 25 heavy (non-hydrogen) atoms. The Kier molecular flexibility index (Phi) is 4.57. The van der Waals surface area contributed by atoms with Gasteiger partial charge in [-0.05, 0) is 11.3 Å². The highest BCUT2D eigenvalue weighted by molar-refractivity contribution is 7.21. The van der Waals surface area contributed by atoms with Crippen LogP contribution in [0.1, 0.15) is 6.92 Å². The van der Waals surface area contributed by atoms with Gasteiger partial charge in [0.25, 0.3) is 0 Å². The average Bonchev–Trinajstić information content (AvgIpc) is 3.02. The lowest BCUT2D eigenvalue weighted by Gasteiger charge is -2.09. The van der Waals surface area contributed by atoms with Crippen LogP contribution in [0.2, 0.25) is 0 Å². The number of ether oxygens (including phenoxy) is 1. The van der Waals surface area contributed by atoms with E-state index in [0.717, 1.165) is 11.3 Å². The maximum absolute atomic E-state index is 12.4. The van der Waals surface area contributed by atoms with Gasteiger partial charge in [-0.3, -0.25) is 19.5 Å². The highest BCUT2D eigenvalue weighted by Crippen LogP contribution is 2.35. The van der Waals surface area contributed by atoms with Crippen molar-refractivity contribution in [1.29, 1.82) is 0 Å². The number of hydrogen-bond acceptors (Lipinski definition) is 7. The van der Waals surface area contributed by atoms with Gasteiger partial charge in [0.15, 0.2) is 0 Å². The maximum Gasteiger partial charge on any atom is 0.349 e. The quantitative estimate of drug-likeness (QED) is 0.394. The lowest BCUT2D eigenvalue weighted by Crippen LogP contribution is -2.25. The first-order valence-corrected chi connectivity index (χ1v) is 8.16. The topological polar surface area (TPSA) is 104 Å². The molecule has 0 unspecified atom stereocenters. The molecule has 128 valence electrons. The zero-order valence-electron chi connectivity index (χ0n) is 13.2. The van der Waals surface area contributed by atoms with E-state index in [-0.39, 0.29) is 18.2 Å². The Bertz CT molecular complexity index is 1010. The normalized spacial score (nSPS) is 10.8. The summed E-state index contributed by atoms with van der Waals surface area (Å²) in [5.74, 6) is -0.463. The van der Waals surface area contributed by atoms with Crippen molar-refractivity contribution in [3.05, 3.63) is 57.0 Å². The van der Waals surface area contributed by atoms with E-state index in [0.29, 0.717) is 21.5 Å². The minimum absolute atomic E-state index is 0.0115. The van der Waals surface area contributed by atoms with Crippen molar-refractivity contribution < 1.29 is 14.5 Å². The lowest BCUT2D eigenvalue weighted by atomic mass is 10.1. The van der Waals surface area contributed by atoms with Crippen LogP contribution in [0.25, 0.3) is 21.5 Å². The van der Waals surface area contributed by atoms with Crippen LogP contribution in [0.3, 0.4) is 0 Å². The van der Waals surface area contributed by atoms with Crippen LogP contribution in [0, 0.1) is 10.1 Å².